The van der Waals surface area contributed by atoms with Gasteiger partial charge in [-0.2, -0.15) is 5.10 Å². The number of benzene rings is 7. The Kier molecular flexibility index (Phi) is 23.0. The fraction of sp³-hybridized carbons (Fsp3) is 0.338. The van der Waals surface area contributed by atoms with Crippen LogP contribution < -0.4 is 18.9 Å². The van der Waals surface area contributed by atoms with Gasteiger partial charge < -0.3 is 23.4 Å². The van der Waals surface area contributed by atoms with Crippen LogP contribution in [-0.2, 0) is 7.05 Å². The van der Waals surface area contributed by atoms with Crippen molar-refractivity contribution in [3.8, 4) is 23.0 Å². The predicted octanol–water partition coefficient (Wildman–Crippen LogP) is 22.2. The molecule has 0 aliphatic carbocycles. The molecule has 12 heteroatoms. The third-order valence-electron chi connectivity index (χ3n) is 15.1. The number of rotatable bonds is 7. The van der Waals surface area contributed by atoms with E-state index in [4.69, 9.17) is 23.4 Å². The van der Waals surface area contributed by atoms with E-state index in [0.29, 0.717) is 61.4 Å². The largest absolute Gasteiger partial charge is 0.486 e. The van der Waals surface area contributed by atoms with Crippen LogP contribution in [0.15, 0.2) is 173 Å². The summed E-state index contributed by atoms with van der Waals surface area (Å²) in [7, 11) is 1.97. The van der Waals surface area contributed by atoms with Gasteiger partial charge in [0.2, 0.25) is 6.79 Å². The Balaban J connectivity index is 0.000000130. The van der Waals surface area contributed by atoms with Gasteiger partial charge in [-0.1, -0.05) is 145 Å². The minimum absolute atomic E-state index is 0.358. The highest BCUT2D eigenvalue weighted by Gasteiger charge is 2.15. The maximum atomic E-state index is 5.49. The van der Waals surface area contributed by atoms with E-state index in [0.717, 1.165) is 39.6 Å². The Labute approximate surface area is 522 Å². The minimum Gasteiger partial charge on any atom is -0.486 e. The van der Waals surface area contributed by atoms with Gasteiger partial charge in [0.05, 0.1) is 49.4 Å². The van der Waals surface area contributed by atoms with E-state index < -0.39 is 0 Å². The molecule has 0 bridgehead atoms. The average Bonchev–Trinajstić information content (AvgIpc) is 4.37. The highest BCUT2D eigenvalue weighted by atomic mass is 32.1. The first-order chi connectivity index (χ1) is 41.3. The lowest BCUT2D eigenvalue weighted by Gasteiger charge is -2.19. The molecule has 0 spiro atoms. The molecule has 0 saturated carbocycles. The summed E-state index contributed by atoms with van der Waals surface area (Å²) in [4.78, 5) is 8.52. The molecule has 0 fully saturated rings. The smallest absolute Gasteiger partial charge is 0.231 e. The van der Waals surface area contributed by atoms with Crippen molar-refractivity contribution in [2.24, 2.45) is 7.05 Å². The zero-order valence-electron chi connectivity index (χ0n) is 52.9. The van der Waals surface area contributed by atoms with E-state index in [-0.39, 0.29) is 0 Å². The summed E-state index contributed by atoms with van der Waals surface area (Å²) in [6.45, 7) is 32.4. The van der Waals surface area contributed by atoms with Crippen LogP contribution in [0.2, 0.25) is 0 Å². The zero-order chi connectivity index (χ0) is 61.4. The molecule has 450 valence electrons. The molecule has 0 N–H and O–H groups in total. The van der Waals surface area contributed by atoms with Gasteiger partial charge in [0.1, 0.15) is 18.8 Å². The number of aromatic nitrogens is 4. The molecule has 0 unspecified atom stereocenters. The maximum Gasteiger partial charge on any atom is 0.231 e. The second-order valence-corrected chi connectivity index (χ2v) is 26.5. The highest BCUT2D eigenvalue weighted by molar-refractivity contribution is 7.17. The van der Waals surface area contributed by atoms with Crippen molar-refractivity contribution < 1.29 is 23.4 Å². The Morgan fingerprint density at radius 1 is 0.384 bits per heavy atom. The SMILES string of the molecule is CC(C)c1ccc2c(c1)OCCO2.CC(C)c1ccc2c(c1)OCO2.CC(C)c1ccc2c(cnn2C)c1.CC(C)c1ccc2ncsc2c1.CC(C)c1ccc2occc2c1.CC(C)c1ccc2sccc2c1.CC(C)c1ccc2scnc2c1. The van der Waals surface area contributed by atoms with Crippen molar-refractivity contribution in [2.75, 3.05) is 20.0 Å². The second kappa shape index (κ2) is 30.7. The molecule has 14 rings (SSSR count). The van der Waals surface area contributed by atoms with Crippen LogP contribution in [0.5, 0.6) is 23.0 Å². The first kappa shape index (κ1) is 64.5. The van der Waals surface area contributed by atoms with Gasteiger partial charge in [-0.25, -0.2) is 9.97 Å². The van der Waals surface area contributed by atoms with Gasteiger partial charge in [0.15, 0.2) is 23.0 Å². The number of thiazole rings is 2. The number of ether oxygens (including phenoxy) is 4. The average molecular weight is 1210 g/mol. The normalized spacial score (nSPS) is 12.2. The zero-order valence-corrected chi connectivity index (χ0v) is 55.3. The van der Waals surface area contributed by atoms with Gasteiger partial charge >= 0.3 is 0 Å². The Bertz CT molecular complexity index is 3730. The molecule has 12 aromatic rings. The standard InChI is InChI=1S/C11H14N2.C11H14O2.C11H12O.C11H12S.2C10H11NS.C10H12O2/c1-8(2)9-4-5-11-10(6-9)7-12-13(11)3;1-8(2)9-3-4-10-11(7-9)13-6-5-12-10;2*1-8(2)9-3-4-11-10(7-9)5-6-12-11;1-7(2)8-3-4-10-9(5-8)11-6-12-10;2*1-7(2)8-3-4-9-10(5-8)12-6-11-9/h4-8H,1-3H3;3-4,7-8H,5-6H2,1-2H3;2*3-8H,1-2H3;2*3-7H,1-2H3;3-5,7H,6H2,1-2H3. The Morgan fingerprint density at radius 2 is 0.849 bits per heavy atom. The summed E-state index contributed by atoms with van der Waals surface area (Å²) in [5.41, 5.74) is 17.7. The van der Waals surface area contributed by atoms with Crippen LogP contribution >= 0.6 is 34.0 Å². The van der Waals surface area contributed by atoms with Crippen molar-refractivity contribution >= 4 is 86.4 Å². The van der Waals surface area contributed by atoms with E-state index in [2.05, 4.69) is 227 Å². The number of thiophene rings is 1. The van der Waals surface area contributed by atoms with E-state index in [1.807, 2.05) is 70.6 Å². The van der Waals surface area contributed by atoms with Crippen LogP contribution in [0, 0.1) is 0 Å². The molecule has 2 aliphatic heterocycles. The molecule has 7 aromatic carbocycles. The van der Waals surface area contributed by atoms with E-state index >= 15 is 0 Å². The van der Waals surface area contributed by atoms with Gasteiger partial charge in [0.25, 0.3) is 0 Å². The highest BCUT2D eigenvalue weighted by Crippen LogP contribution is 2.35. The fourth-order valence-corrected chi connectivity index (χ4v) is 11.5. The molecule has 2 aliphatic rings. The molecular formula is C74H86N4O5S3. The fourth-order valence-electron chi connectivity index (χ4n) is 9.39. The number of furan rings is 1. The van der Waals surface area contributed by atoms with E-state index in [9.17, 15) is 0 Å². The number of hydrogen-bond acceptors (Lipinski definition) is 11. The molecule has 86 heavy (non-hydrogen) atoms. The lowest BCUT2D eigenvalue weighted by Crippen LogP contribution is -2.15. The summed E-state index contributed by atoms with van der Waals surface area (Å²) in [6, 6.07) is 49.0. The number of nitrogens with zero attached hydrogens (tertiary/aromatic N) is 4. The molecule has 9 nitrogen and oxygen atoms in total. The monoisotopic (exact) mass is 1210 g/mol. The predicted molar refractivity (Wildman–Crippen MR) is 367 cm³/mol. The summed E-state index contributed by atoms with van der Waals surface area (Å²) in [5, 5.41) is 10.2. The van der Waals surface area contributed by atoms with Gasteiger partial charge in [0, 0.05) is 22.5 Å². The summed E-state index contributed by atoms with van der Waals surface area (Å²) in [5.74, 6) is 7.58. The number of hydrogen-bond donors (Lipinski definition) is 0. The van der Waals surface area contributed by atoms with Crippen molar-refractivity contribution in [3.05, 3.63) is 207 Å². The number of fused-ring (bicyclic) bond motifs is 7. The van der Waals surface area contributed by atoms with Gasteiger partial charge in [-0.05, 0) is 182 Å². The second-order valence-electron chi connectivity index (χ2n) is 23.8. The van der Waals surface area contributed by atoms with Crippen molar-refractivity contribution in [1.82, 2.24) is 19.7 Å². The molecule has 0 saturated heterocycles. The lowest BCUT2D eigenvalue weighted by atomic mass is 10.0. The van der Waals surface area contributed by atoms with Crippen LogP contribution in [0.1, 0.15) is 177 Å². The molecule has 0 radical (unpaired) electrons. The Morgan fingerprint density at radius 3 is 1.49 bits per heavy atom. The topological polar surface area (TPSA) is 93.7 Å². The Hall–Kier alpha value is -7.51. The summed E-state index contributed by atoms with van der Waals surface area (Å²) in [6.07, 6.45) is 3.65. The van der Waals surface area contributed by atoms with Gasteiger partial charge in [-0.3, -0.25) is 4.68 Å². The summed E-state index contributed by atoms with van der Waals surface area (Å²) < 4.78 is 32.5. The maximum absolute atomic E-state index is 5.49. The molecular weight excluding hydrogens is 1120 g/mol. The lowest BCUT2D eigenvalue weighted by molar-refractivity contribution is 0.171. The molecule has 0 amide bonds. The third kappa shape index (κ3) is 17.6. The van der Waals surface area contributed by atoms with Crippen molar-refractivity contribution in [2.45, 2.75) is 138 Å². The molecule has 7 heterocycles. The number of aryl methyl sites for hydroxylation is 1. The molecule has 5 aromatic heterocycles. The van der Waals surface area contributed by atoms with E-state index in [1.165, 1.54) is 74.7 Å². The van der Waals surface area contributed by atoms with Crippen molar-refractivity contribution in [1.29, 1.82) is 0 Å². The first-order valence-corrected chi connectivity index (χ1v) is 32.8. The quantitative estimate of drug-likeness (QED) is 0.156. The summed E-state index contributed by atoms with van der Waals surface area (Å²) >= 11 is 5.21. The third-order valence-corrected chi connectivity index (χ3v) is 17.6. The van der Waals surface area contributed by atoms with Crippen LogP contribution in [-0.4, -0.2) is 39.8 Å². The minimum atomic E-state index is 0.358. The van der Waals surface area contributed by atoms with Crippen LogP contribution in [0.3, 0.4) is 0 Å². The van der Waals surface area contributed by atoms with Gasteiger partial charge in [-0.15, -0.1) is 34.0 Å². The van der Waals surface area contributed by atoms with E-state index in [1.54, 1.807) is 28.9 Å². The van der Waals surface area contributed by atoms with Crippen LogP contribution in [0.25, 0.3) is 52.4 Å². The van der Waals surface area contributed by atoms with Crippen molar-refractivity contribution in [3.63, 3.8) is 0 Å². The van der Waals surface area contributed by atoms with Crippen LogP contribution in [0.4, 0.5) is 0 Å². The first-order valence-electron chi connectivity index (χ1n) is 30.1. The molecule has 0 atom stereocenters.